The molecular formula is C23H23NO3. The van der Waals surface area contributed by atoms with Crippen LogP contribution in [0.5, 0.6) is 11.5 Å². The second-order valence-electron chi connectivity index (χ2n) is 6.18. The molecule has 3 rings (SSSR count). The zero-order valence-electron chi connectivity index (χ0n) is 15.4. The van der Waals surface area contributed by atoms with Crippen LogP contribution in [0.1, 0.15) is 16.7 Å². The van der Waals surface area contributed by atoms with Gasteiger partial charge in [0.2, 0.25) is 0 Å². The minimum Gasteiger partial charge on any atom is -0.497 e. The van der Waals surface area contributed by atoms with Crippen molar-refractivity contribution in [1.82, 2.24) is 5.32 Å². The highest BCUT2D eigenvalue weighted by Crippen LogP contribution is 2.21. The zero-order valence-corrected chi connectivity index (χ0v) is 15.4. The van der Waals surface area contributed by atoms with Crippen LogP contribution in [0.4, 0.5) is 0 Å². The van der Waals surface area contributed by atoms with E-state index in [0.29, 0.717) is 6.54 Å². The lowest BCUT2D eigenvalue weighted by molar-refractivity contribution is -0.123. The molecule has 3 aromatic rings. The molecule has 0 fully saturated rings. The molecule has 0 aliphatic rings. The largest absolute Gasteiger partial charge is 0.497 e. The number of carbonyl (C=O) groups excluding carboxylic acids is 1. The molecule has 0 aliphatic heterocycles. The van der Waals surface area contributed by atoms with Gasteiger partial charge in [0, 0.05) is 13.0 Å². The fourth-order valence-corrected chi connectivity index (χ4v) is 2.74. The Morgan fingerprint density at radius 1 is 0.852 bits per heavy atom. The molecule has 0 bridgehead atoms. The van der Waals surface area contributed by atoms with E-state index in [4.69, 9.17) is 9.47 Å². The topological polar surface area (TPSA) is 47.6 Å². The summed E-state index contributed by atoms with van der Waals surface area (Å²) in [4.78, 5) is 12.1. The summed E-state index contributed by atoms with van der Waals surface area (Å²) in [6.07, 6.45) is 0.768. The van der Waals surface area contributed by atoms with Crippen LogP contribution in [-0.4, -0.2) is 19.6 Å². The molecule has 0 unspecified atom stereocenters. The van der Waals surface area contributed by atoms with Gasteiger partial charge in [-0.05, 0) is 34.9 Å². The van der Waals surface area contributed by atoms with E-state index < -0.39 is 0 Å². The smallest absolute Gasteiger partial charge is 0.258 e. The summed E-state index contributed by atoms with van der Waals surface area (Å²) in [6, 6.07) is 25.6. The normalized spacial score (nSPS) is 10.3. The average molecular weight is 361 g/mol. The maximum Gasteiger partial charge on any atom is 0.258 e. The molecular weight excluding hydrogens is 338 g/mol. The SMILES string of the molecule is COc1ccc(CNC(=O)COc2ccccc2Cc2ccccc2)cc1. The van der Waals surface area contributed by atoms with Gasteiger partial charge in [-0.25, -0.2) is 0 Å². The standard InChI is InChI=1S/C23H23NO3/c1-26-21-13-11-19(12-14-21)16-24-23(25)17-27-22-10-6-5-9-20(22)15-18-7-3-2-4-8-18/h2-14H,15-17H2,1H3,(H,24,25). The number of amides is 1. The highest BCUT2D eigenvalue weighted by molar-refractivity contribution is 5.77. The van der Waals surface area contributed by atoms with Crippen molar-refractivity contribution in [3.8, 4) is 11.5 Å². The number of hydrogen-bond donors (Lipinski definition) is 1. The first-order valence-corrected chi connectivity index (χ1v) is 8.89. The van der Waals surface area contributed by atoms with Gasteiger partial charge in [0.1, 0.15) is 11.5 Å². The number of carbonyl (C=O) groups is 1. The predicted octanol–water partition coefficient (Wildman–Crippen LogP) is 3.98. The fraction of sp³-hybridized carbons (Fsp3) is 0.174. The van der Waals surface area contributed by atoms with E-state index >= 15 is 0 Å². The quantitative estimate of drug-likeness (QED) is 0.660. The van der Waals surface area contributed by atoms with Gasteiger partial charge < -0.3 is 14.8 Å². The summed E-state index contributed by atoms with van der Waals surface area (Å²) < 4.78 is 10.9. The highest BCUT2D eigenvalue weighted by atomic mass is 16.5. The first-order chi connectivity index (χ1) is 13.2. The van der Waals surface area contributed by atoms with Crippen molar-refractivity contribution in [2.24, 2.45) is 0 Å². The minimum absolute atomic E-state index is 0.0119. The van der Waals surface area contributed by atoms with E-state index in [1.807, 2.05) is 66.7 Å². The summed E-state index contributed by atoms with van der Waals surface area (Å²) in [5.74, 6) is 1.38. The summed E-state index contributed by atoms with van der Waals surface area (Å²) in [6.45, 7) is 0.444. The van der Waals surface area contributed by atoms with E-state index in [9.17, 15) is 4.79 Å². The predicted molar refractivity (Wildman–Crippen MR) is 106 cm³/mol. The number of ether oxygens (including phenoxy) is 2. The number of hydrogen-bond acceptors (Lipinski definition) is 3. The Kier molecular flexibility index (Phi) is 6.47. The van der Waals surface area contributed by atoms with Crippen LogP contribution in [0.2, 0.25) is 0 Å². The lowest BCUT2D eigenvalue weighted by Gasteiger charge is -2.12. The van der Waals surface area contributed by atoms with Crippen LogP contribution in [0.3, 0.4) is 0 Å². The maximum atomic E-state index is 12.1. The molecule has 0 saturated carbocycles. The highest BCUT2D eigenvalue weighted by Gasteiger charge is 2.07. The second-order valence-corrected chi connectivity index (χ2v) is 6.18. The van der Waals surface area contributed by atoms with E-state index in [0.717, 1.165) is 29.0 Å². The molecule has 3 aromatic carbocycles. The molecule has 27 heavy (non-hydrogen) atoms. The van der Waals surface area contributed by atoms with Crippen molar-refractivity contribution >= 4 is 5.91 Å². The molecule has 1 N–H and O–H groups in total. The maximum absolute atomic E-state index is 12.1. The molecule has 4 heteroatoms. The molecule has 138 valence electrons. The zero-order chi connectivity index (χ0) is 18.9. The van der Waals surface area contributed by atoms with Crippen molar-refractivity contribution < 1.29 is 14.3 Å². The number of benzene rings is 3. The van der Waals surface area contributed by atoms with Gasteiger partial charge in [0.05, 0.1) is 7.11 Å². The molecule has 1 amide bonds. The van der Waals surface area contributed by atoms with Crippen molar-refractivity contribution in [3.63, 3.8) is 0 Å². The van der Waals surface area contributed by atoms with E-state index in [-0.39, 0.29) is 12.5 Å². The first kappa shape index (κ1) is 18.5. The van der Waals surface area contributed by atoms with E-state index in [1.165, 1.54) is 5.56 Å². The molecule has 0 radical (unpaired) electrons. The van der Waals surface area contributed by atoms with Gasteiger partial charge in [0.25, 0.3) is 5.91 Å². The van der Waals surface area contributed by atoms with Crippen LogP contribution in [-0.2, 0) is 17.8 Å². The van der Waals surface area contributed by atoms with Gasteiger partial charge in [-0.3, -0.25) is 4.79 Å². The Labute approximate surface area is 159 Å². The number of para-hydroxylation sites is 1. The monoisotopic (exact) mass is 361 g/mol. The number of rotatable bonds is 8. The van der Waals surface area contributed by atoms with Crippen molar-refractivity contribution in [3.05, 3.63) is 95.6 Å². The summed E-state index contributed by atoms with van der Waals surface area (Å²) >= 11 is 0. The lowest BCUT2D eigenvalue weighted by Crippen LogP contribution is -2.28. The van der Waals surface area contributed by atoms with Gasteiger partial charge in [-0.1, -0.05) is 60.7 Å². The van der Waals surface area contributed by atoms with E-state index in [2.05, 4.69) is 17.4 Å². The molecule has 0 aromatic heterocycles. The summed E-state index contributed by atoms with van der Waals surface area (Å²) in [7, 11) is 1.63. The Balaban J connectivity index is 1.52. The Hall–Kier alpha value is -3.27. The van der Waals surface area contributed by atoms with Crippen LogP contribution in [0, 0.1) is 0 Å². The van der Waals surface area contributed by atoms with Crippen molar-refractivity contribution in [2.75, 3.05) is 13.7 Å². The average Bonchev–Trinajstić information content (AvgIpc) is 2.73. The van der Waals surface area contributed by atoms with Crippen LogP contribution < -0.4 is 14.8 Å². The minimum atomic E-state index is -0.152. The molecule has 4 nitrogen and oxygen atoms in total. The van der Waals surface area contributed by atoms with E-state index in [1.54, 1.807) is 7.11 Å². The second kappa shape index (κ2) is 9.43. The first-order valence-electron chi connectivity index (χ1n) is 8.89. The summed E-state index contributed by atoms with van der Waals surface area (Å²) in [5, 5.41) is 2.87. The molecule has 0 heterocycles. The van der Waals surface area contributed by atoms with Gasteiger partial charge >= 0.3 is 0 Å². The van der Waals surface area contributed by atoms with Crippen molar-refractivity contribution in [2.45, 2.75) is 13.0 Å². The third kappa shape index (κ3) is 5.61. The third-order valence-corrected chi connectivity index (χ3v) is 4.22. The Morgan fingerprint density at radius 2 is 1.56 bits per heavy atom. The molecule has 0 aliphatic carbocycles. The number of nitrogens with one attached hydrogen (secondary N) is 1. The van der Waals surface area contributed by atoms with Gasteiger partial charge in [-0.15, -0.1) is 0 Å². The Bertz CT molecular complexity index is 860. The lowest BCUT2D eigenvalue weighted by atomic mass is 10.0. The fourth-order valence-electron chi connectivity index (χ4n) is 2.74. The van der Waals surface area contributed by atoms with Gasteiger partial charge in [-0.2, -0.15) is 0 Å². The van der Waals surface area contributed by atoms with Gasteiger partial charge in [0.15, 0.2) is 6.61 Å². The van der Waals surface area contributed by atoms with Crippen LogP contribution in [0.15, 0.2) is 78.9 Å². The molecule has 0 spiro atoms. The Morgan fingerprint density at radius 3 is 2.30 bits per heavy atom. The molecule has 0 saturated heterocycles. The van der Waals surface area contributed by atoms with Crippen LogP contribution in [0.25, 0.3) is 0 Å². The van der Waals surface area contributed by atoms with Crippen LogP contribution >= 0.6 is 0 Å². The van der Waals surface area contributed by atoms with Crippen molar-refractivity contribution in [1.29, 1.82) is 0 Å². The summed E-state index contributed by atoms with van der Waals surface area (Å²) in [5.41, 5.74) is 3.28. The third-order valence-electron chi connectivity index (χ3n) is 4.22. The molecule has 0 atom stereocenters. The number of methoxy groups -OCH3 is 1.